The number of hydrogen-bond donors (Lipinski definition) is 2. The summed E-state index contributed by atoms with van der Waals surface area (Å²) >= 11 is 0. The molecule has 0 heterocycles. The number of nitrogens with one attached hydrogen (secondary N) is 2. The van der Waals surface area contributed by atoms with Crippen molar-refractivity contribution in [1.29, 1.82) is 0 Å². The molecule has 0 saturated heterocycles. The van der Waals surface area contributed by atoms with E-state index >= 15 is 0 Å². The van der Waals surface area contributed by atoms with E-state index in [9.17, 15) is 17.6 Å². The van der Waals surface area contributed by atoms with Crippen molar-refractivity contribution in [2.24, 2.45) is 0 Å². The van der Waals surface area contributed by atoms with Gasteiger partial charge >= 0.3 is 0 Å². The summed E-state index contributed by atoms with van der Waals surface area (Å²) in [7, 11) is -3.60. The Labute approximate surface area is 203 Å². The van der Waals surface area contributed by atoms with Crippen molar-refractivity contribution in [1.82, 2.24) is 4.72 Å². The first-order valence-electron chi connectivity index (χ1n) is 11.2. The van der Waals surface area contributed by atoms with Gasteiger partial charge in [-0.1, -0.05) is 54.6 Å². The van der Waals surface area contributed by atoms with Gasteiger partial charge in [0.1, 0.15) is 5.82 Å². The van der Waals surface area contributed by atoms with Gasteiger partial charge in [-0.05, 0) is 77.6 Å². The van der Waals surface area contributed by atoms with Crippen LogP contribution in [0.4, 0.5) is 10.1 Å². The minimum absolute atomic E-state index is 0.240. The van der Waals surface area contributed by atoms with Gasteiger partial charge in [0.05, 0.1) is 4.90 Å². The largest absolute Gasteiger partial charge is 0.322 e. The van der Waals surface area contributed by atoms with Crippen LogP contribution in [0.3, 0.4) is 0 Å². The standard InChI is InChI=1S/C28H23FN2O3S/c29-22-13-10-19(11-14-22)26-8-4-5-9-27(26)28(32)30-23-15-12-20-16-24(18-21(20)17-23)31-35(33,34)25-6-2-1-3-7-25/h1-15,17,24,31H,16,18H2,(H,30,32). The molecule has 4 aromatic rings. The number of hydrogen-bond acceptors (Lipinski definition) is 3. The zero-order chi connectivity index (χ0) is 24.4. The van der Waals surface area contributed by atoms with E-state index in [1.807, 2.05) is 30.3 Å². The summed E-state index contributed by atoms with van der Waals surface area (Å²) in [4.78, 5) is 13.3. The molecule has 1 unspecified atom stereocenters. The molecule has 176 valence electrons. The fraction of sp³-hybridized carbons (Fsp3) is 0.107. The van der Waals surface area contributed by atoms with Gasteiger partial charge in [0.15, 0.2) is 0 Å². The lowest BCUT2D eigenvalue weighted by molar-refractivity contribution is 0.102. The third-order valence-corrected chi connectivity index (χ3v) is 7.64. The summed E-state index contributed by atoms with van der Waals surface area (Å²) in [6.45, 7) is 0. The van der Waals surface area contributed by atoms with Crippen molar-refractivity contribution in [3.63, 3.8) is 0 Å². The molecule has 1 aliphatic rings. The SMILES string of the molecule is O=C(Nc1ccc2c(c1)CC(NS(=O)(=O)c1ccccc1)C2)c1ccccc1-c1ccc(F)cc1. The average molecular weight is 487 g/mol. The molecule has 7 heteroatoms. The number of carbonyl (C=O) groups is 1. The Balaban J connectivity index is 1.31. The predicted molar refractivity (Wildman–Crippen MR) is 134 cm³/mol. The van der Waals surface area contributed by atoms with E-state index in [0.29, 0.717) is 29.7 Å². The minimum atomic E-state index is -3.60. The van der Waals surface area contributed by atoms with Gasteiger partial charge in [-0.2, -0.15) is 0 Å². The van der Waals surface area contributed by atoms with E-state index in [1.54, 1.807) is 54.6 Å². The number of sulfonamides is 1. The summed E-state index contributed by atoms with van der Waals surface area (Å²) < 4.78 is 41.5. The molecule has 0 aliphatic heterocycles. The van der Waals surface area contributed by atoms with Crippen molar-refractivity contribution >= 4 is 21.6 Å². The van der Waals surface area contributed by atoms with Crippen LogP contribution in [-0.2, 0) is 22.9 Å². The second kappa shape index (κ2) is 9.44. The Morgan fingerprint density at radius 1 is 0.800 bits per heavy atom. The van der Waals surface area contributed by atoms with Gasteiger partial charge in [0, 0.05) is 17.3 Å². The minimum Gasteiger partial charge on any atom is -0.322 e. The van der Waals surface area contributed by atoms with Crippen molar-refractivity contribution in [3.05, 3.63) is 120 Å². The van der Waals surface area contributed by atoms with Crippen LogP contribution in [0.1, 0.15) is 21.5 Å². The van der Waals surface area contributed by atoms with E-state index < -0.39 is 10.0 Å². The van der Waals surface area contributed by atoms with Gasteiger partial charge in [-0.25, -0.2) is 17.5 Å². The highest BCUT2D eigenvalue weighted by atomic mass is 32.2. The normalized spacial score (nSPS) is 14.9. The summed E-state index contributed by atoms with van der Waals surface area (Å²) in [5, 5.41) is 2.95. The average Bonchev–Trinajstić information content (AvgIpc) is 3.26. The van der Waals surface area contributed by atoms with Crippen molar-refractivity contribution in [2.45, 2.75) is 23.8 Å². The molecule has 1 atom stereocenters. The molecule has 0 fully saturated rings. The maximum absolute atomic E-state index is 13.3. The van der Waals surface area contributed by atoms with Crippen LogP contribution in [0.15, 0.2) is 102 Å². The lowest BCUT2D eigenvalue weighted by atomic mass is 9.99. The Hall–Kier alpha value is -3.81. The molecule has 1 aliphatic carbocycles. The Bertz CT molecular complexity index is 1490. The molecule has 5 nitrogen and oxygen atoms in total. The second-order valence-corrected chi connectivity index (χ2v) is 10.2. The second-order valence-electron chi connectivity index (χ2n) is 8.53. The third-order valence-electron chi connectivity index (χ3n) is 6.10. The topological polar surface area (TPSA) is 75.3 Å². The molecule has 0 spiro atoms. The van der Waals surface area contributed by atoms with E-state index in [2.05, 4.69) is 10.0 Å². The Morgan fingerprint density at radius 2 is 1.49 bits per heavy atom. The lowest BCUT2D eigenvalue weighted by Crippen LogP contribution is -2.35. The first kappa shape index (κ1) is 23.0. The molecule has 0 radical (unpaired) electrons. The molecule has 0 bridgehead atoms. The highest BCUT2D eigenvalue weighted by molar-refractivity contribution is 7.89. The molecule has 4 aromatic carbocycles. The zero-order valence-corrected chi connectivity index (χ0v) is 19.6. The maximum Gasteiger partial charge on any atom is 0.256 e. The summed E-state index contributed by atoms with van der Waals surface area (Å²) in [6, 6.07) is 26.9. The molecule has 5 rings (SSSR count). The molecule has 0 saturated carbocycles. The Morgan fingerprint density at radius 3 is 2.26 bits per heavy atom. The van der Waals surface area contributed by atoms with Gasteiger partial charge in [0.2, 0.25) is 10.0 Å². The van der Waals surface area contributed by atoms with Crippen molar-refractivity contribution in [2.75, 3.05) is 5.32 Å². The van der Waals surface area contributed by atoms with Crippen LogP contribution in [-0.4, -0.2) is 20.4 Å². The number of fused-ring (bicyclic) bond motifs is 1. The van der Waals surface area contributed by atoms with Crippen molar-refractivity contribution in [3.8, 4) is 11.1 Å². The van der Waals surface area contributed by atoms with Gasteiger partial charge in [-0.3, -0.25) is 4.79 Å². The number of carbonyl (C=O) groups excluding carboxylic acids is 1. The first-order chi connectivity index (χ1) is 16.9. The quantitative estimate of drug-likeness (QED) is 0.394. The van der Waals surface area contributed by atoms with Gasteiger partial charge < -0.3 is 5.32 Å². The maximum atomic E-state index is 13.3. The van der Waals surface area contributed by atoms with Gasteiger partial charge in [0.25, 0.3) is 5.91 Å². The fourth-order valence-electron chi connectivity index (χ4n) is 4.43. The van der Waals surface area contributed by atoms with Crippen molar-refractivity contribution < 1.29 is 17.6 Å². The Kier molecular flexibility index (Phi) is 6.19. The van der Waals surface area contributed by atoms with Crippen LogP contribution in [0.5, 0.6) is 0 Å². The number of rotatable bonds is 6. The van der Waals surface area contributed by atoms with Crippen LogP contribution in [0.25, 0.3) is 11.1 Å². The van der Waals surface area contributed by atoms with Crippen LogP contribution < -0.4 is 10.0 Å². The molecule has 35 heavy (non-hydrogen) atoms. The highest BCUT2D eigenvalue weighted by Crippen LogP contribution is 2.28. The molecule has 2 N–H and O–H groups in total. The van der Waals surface area contributed by atoms with Crippen LogP contribution >= 0.6 is 0 Å². The molecule has 0 aromatic heterocycles. The summed E-state index contributed by atoms with van der Waals surface area (Å²) in [5.41, 5.74) is 4.62. The number of halogens is 1. The van der Waals surface area contributed by atoms with Crippen LogP contribution in [0.2, 0.25) is 0 Å². The number of benzene rings is 4. The smallest absolute Gasteiger partial charge is 0.256 e. The fourth-order valence-corrected chi connectivity index (χ4v) is 5.68. The van der Waals surface area contributed by atoms with E-state index in [0.717, 1.165) is 16.7 Å². The van der Waals surface area contributed by atoms with E-state index in [4.69, 9.17) is 0 Å². The predicted octanol–water partition coefficient (Wildman–Crippen LogP) is 5.19. The van der Waals surface area contributed by atoms with E-state index in [1.165, 1.54) is 12.1 Å². The molecule has 1 amide bonds. The number of anilines is 1. The monoisotopic (exact) mass is 486 g/mol. The molecular formula is C28H23FN2O3S. The third kappa shape index (κ3) is 5.01. The number of amides is 1. The van der Waals surface area contributed by atoms with Gasteiger partial charge in [-0.15, -0.1) is 0 Å². The van der Waals surface area contributed by atoms with Crippen LogP contribution in [0, 0.1) is 5.82 Å². The lowest BCUT2D eigenvalue weighted by Gasteiger charge is -2.12. The first-order valence-corrected chi connectivity index (χ1v) is 12.7. The summed E-state index contributed by atoms with van der Waals surface area (Å²) in [6.07, 6.45) is 1.13. The highest BCUT2D eigenvalue weighted by Gasteiger charge is 2.27. The zero-order valence-electron chi connectivity index (χ0n) is 18.7. The summed E-state index contributed by atoms with van der Waals surface area (Å²) in [5.74, 6) is -0.609. The molecular weight excluding hydrogens is 463 g/mol. The van der Waals surface area contributed by atoms with E-state index in [-0.39, 0.29) is 22.7 Å².